The van der Waals surface area contributed by atoms with Crippen LogP contribution in [0.5, 0.6) is 0 Å². The molecule has 1 saturated heterocycles. The number of aliphatic hydroxyl groups excluding tert-OH is 1. The summed E-state index contributed by atoms with van der Waals surface area (Å²) >= 11 is 1.64. The summed E-state index contributed by atoms with van der Waals surface area (Å²) in [4.78, 5) is 14.0. The maximum absolute atomic E-state index is 10.5. The van der Waals surface area contributed by atoms with Gasteiger partial charge in [-0.15, -0.1) is 11.3 Å². The second-order valence-electron chi connectivity index (χ2n) is 4.82. The molecule has 0 aliphatic carbocycles. The van der Waals surface area contributed by atoms with E-state index in [4.69, 9.17) is 5.11 Å². The summed E-state index contributed by atoms with van der Waals surface area (Å²) in [6, 6.07) is 2.29. The topological polar surface area (TPSA) is 60.8 Å². The van der Waals surface area contributed by atoms with E-state index in [9.17, 15) is 9.90 Å². The molecule has 19 heavy (non-hydrogen) atoms. The zero-order valence-corrected chi connectivity index (χ0v) is 11.6. The molecule has 4 nitrogen and oxygen atoms in total. The lowest BCUT2D eigenvalue weighted by atomic mass is 10.0. The lowest BCUT2D eigenvalue weighted by Crippen LogP contribution is -2.40. The molecule has 2 heterocycles. The smallest absolute Gasteiger partial charge is 0.328 e. The fourth-order valence-corrected chi connectivity index (χ4v) is 3.29. The Balaban J connectivity index is 1.97. The second-order valence-corrected chi connectivity index (χ2v) is 5.82. The highest BCUT2D eigenvalue weighted by atomic mass is 32.1. The first-order valence-electron chi connectivity index (χ1n) is 6.52. The van der Waals surface area contributed by atoms with Crippen LogP contribution < -0.4 is 0 Å². The first-order chi connectivity index (χ1) is 9.19. The van der Waals surface area contributed by atoms with Gasteiger partial charge in [-0.1, -0.05) is 6.42 Å². The first-order valence-corrected chi connectivity index (χ1v) is 7.40. The van der Waals surface area contributed by atoms with Crippen molar-refractivity contribution in [1.29, 1.82) is 0 Å². The summed E-state index contributed by atoms with van der Waals surface area (Å²) < 4.78 is 0. The normalized spacial score (nSPS) is 21.0. The average Bonchev–Trinajstić information content (AvgIpc) is 2.85. The van der Waals surface area contributed by atoms with E-state index in [0.717, 1.165) is 31.1 Å². The molecule has 0 bridgehead atoms. The number of carboxylic acid groups (broad SMARTS) is 1. The monoisotopic (exact) mass is 281 g/mol. The molecule has 1 atom stereocenters. The number of rotatable bonds is 5. The van der Waals surface area contributed by atoms with Crippen LogP contribution in [0.1, 0.15) is 29.7 Å². The molecule has 0 spiro atoms. The first kappa shape index (κ1) is 14.2. The number of hydrogen-bond acceptors (Lipinski definition) is 4. The number of likely N-dealkylation sites (tertiary alicyclic amines) is 1. The summed E-state index contributed by atoms with van der Waals surface area (Å²) in [5.41, 5.74) is 0.931. The molecular weight excluding hydrogens is 262 g/mol. The van der Waals surface area contributed by atoms with Gasteiger partial charge >= 0.3 is 5.97 Å². The highest BCUT2D eigenvalue weighted by Gasteiger charge is 2.21. The molecule has 1 aliphatic heterocycles. The Kier molecular flexibility index (Phi) is 5.13. The van der Waals surface area contributed by atoms with Gasteiger partial charge < -0.3 is 10.2 Å². The third-order valence-electron chi connectivity index (χ3n) is 3.41. The van der Waals surface area contributed by atoms with Gasteiger partial charge in [0.15, 0.2) is 0 Å². The molecule has 104 valence electrons. The van der Waals surface area contributed by atoms with Gasteiger partial charge in [0.05, 0.1) is 6.61 Å². The number of aliphatic hydroxyl groups is 1. The molecule has 1 fully saturated rings. The Morgan fingerprint density at radius 3 is 3.11 bits per heavy atom. The Hall–Kier alpha value is -1.17. The fraction of sp³-hybridized carbons (Fsp3) is 0.500. The van der Waals surface area contributed by atoms with E-state index in [2.05, 4.69) is 4.90 Å². The Bertz CT molecular complexity index is 455. The van der Waals surface area contributed by atoms with Crippen molar-refractivity contribution in [1.82, 2.24) is 4.90 Å². The molecule has 2 N–H and O–H groups in total. The summed E-state index contributed by atoms with van der Waals surface area (Å²) in [5.74, 6) is -0.927. The molecule has 1 aliphatic rings. The second kappa shape index (κ2) is 6.84. The van der Waals surface area contributed by atoms with Crippen LogP contribution in [-0.4, -0.2) is 40.3 Å². The predicted molar refractivity (Wildman–Crippen MR) is 76.1 cm³/mol. The van der Waals surface area contributed by atoms with Gasteiger partial charge in [-0.2, -0.15) is 0 Å². The van der Waals surface area contributed by atoms with Crippen LogP contribution in [0, 0.1) is 0 Å². The van der Waals surface area contributed by atoms with Crippen molar-refractivity contribution < 1.29 is 15.0 Å². The van der Waals surface area contributed by atoms with Crippen LogP contribution in [0.15, 0.2) is 17.5 Å². The van der Waals surface area contributed by atoms with E-state index in [-0.39, 0.29) is 12.6 Å². The van der Waals surface area contributed by atoms with Gasteiger partial charge in [0.1, 0.15) is 0 Å². The van der Waals surface area contributed by atoms with Crippen LogP contribution in [0.4, 0.5) is 0 Å². The summed E-state index contributed by atoms with van der Waals surface area (Å²) in [6.07, 6.45) is 6.21. The van der Waals surface area contributed by atoms with Crippen molar-refractivity contribution in [3.8, 4) is 0 Å². The zero-order chi connectivity index (χ0) is 13.7. The van der Waals surface area contributed by atoms with Gasteiger partial charge in [0.2, 0.25) is 0 Å². The van der Waals surface area contributed by atoms with Crippen molar-refractivity contribution >= 4 is 23.4 Å². The summed E-state index contributed by atoms with van der Waals surface area (Å²) in [6.45, 7) is 2.09. The summed E-state index contributed by atoms with van der Waals surface area (Å²) in [7, 11) is 0. The van der Waals surface area contributed by atoms with Gasteiger partial charge in [-0.3, -0.25) is 4.90 Å². The largest absolute Gasteiger partial charge is 0.478 e. The van der Waals surface area contributed by atoms with Crippen molar-refractivity contribution in [2.75, 3.05) is 13.2 Å². The van der Waals surface area contributed by atoms with Crippen LogP contribution in [0.25, 0.3) is 6.08 Å². The SMILES string of the molecule is O=C(O)C=Cc1csc(CN2CCCCC2CO)c1. The fourth-order valence-electron chi connectivity index (χ4n) is 2.41. The standard InChI is InChI=1S/C14H19NO3S/c16-9-12-3-1-2-6-15(12)8-13-7-11(10-19-13)4-5-14(17)18/h4-5,7,10,12,16H,1-3,6,8-9H2,(H,17,18). The lowest BCUT2D eigenvalue weighted by Gasteiger charge is -2.34. The molecule has 2 rings (SSSR count). The van der Waals surface area contributed by atoms with Crippen molar-refractivity contribution in [2.45, 2.75) is 31.8 Å². The van der Waals surface area contributed by atoms with Crippen LogP contribution in [0.3, 0.4) is 0 Å². The molecule has 0 radical (unpaired) electrons. The minimum Gasteiger partial charge on any atom is -0.478 e. The highest BCUT2D eigenvalue weighted by molar-refractivity contribution is 7.10. The van der Waals surface area contributed by atoms with Gasteiger partial charge in [-0.05, 0) is 42.5 Å². The van der Waals surface area contributed by atoms with Crippen molar-refractivity contribution in [3.63, 3.8) is 0 Å². The predicted octanol–water partition coefficient (Wildman–Crippen LogP) is 2.19. The molecule has 5 heteroatoms. The van der Waals surface area contributed by atoms with Crippen LogP contribution in [0.2, 0.25) is 0 Å². The van der Waals surface area contributed by atoms with Crippen LogP contribution in [-0.2, 0) is 11.3 Å². The van der Waals surface area contributed by atoms with E-state index >= 15 is 0 Å². The average molecular weight is 281 g/mol. The molecule has 1 unspecified atom stereocenters. The Morgan fingerprint density at radius 1 is 1.53 bits per heavy atom. The van der Waals surface area contributed by atoms with E-state index < -0.39 is 5.97 Å². The quantitative estimate of drug-likeness (QED) is 0.812. The maximum Gasteiger partial charge on any atom is 0.328 e. The van der Waals surface area contributed by atoms with Gasteiger partial charge in [0.25, 0.3) is 0 Å². The number of thiophene rings is 1. The van der Waals surface area contributed by atoms with Crippen molar-refractivity contribution in [3.05, 3.63) is 28.0 Å². The van der Waals surface area contributed by atoms with Crippen LogP contribution >= 0.6 is 11.3 Å². The van der Waals surface area contributed by atoms with E-state index in [0.29, 0.717) is 0 Å². The van der Waals surface area contributed by atoms with E-state index in [1.165, 1.54) is 17.7 Å². The third-order valence-corrected chi connectivity index (χ3v) is 4.35. The van der Waals surface area contributed by atoms with Gasteiger partial charge in [-0.25, -0.2) is 4.79 Å². The zero-order valence-electron chi connectivity index (χ0n) is 10.8. The number of aliphatic carboxylic acids is 1. The molecular formula is C14H19NO3S. The number of nitrogens with zero attached hydrogens (tertiary/aromatic N) is 1. The lowest BCUT2D eigenvalue weighted by molar-refractivity contribution is -0.131. The molecule has 0 saturated carbocycles. The minimum atomic E-state index is -0.927. The number of carbonyl (C=O) groups is 1. The third kappa shape index (κ3) is 4.16. The molecule has 1 aromatic rings. The minimum absolute atomic E-state index is 0.219. The number of hydrogen-bond donors (Lipinski definition) is 2. The number of carboxylic acids is 1. The van der Waals surface area contributed by atoms with E-state index in [1.807, 2.05) is 11.4 Å². The molecule has 0 amide bonds. The van der Waals surface area contributed by atoms with Crippen molar-refractivity contribution in [2.24, 2.45) is 0 Å². The number of piperidine rings is 1. The summed E-state index contributed by atoms with van der Waals surface area (Å²) in [5, 5.41) is 19.9. The van der Waals surface area contributed by atoms with E-state index in [1.54, 1.807) is 17.4 Å². The molecule has 1 aromatic heterocycles. The Labute approximate surface area is 117 Å². The van der Waals surface area contributed by atoms with Gasteiger partial charge in [0, 0.05) is 23.5 Å². The Morgan fingerprint density at radius 2 is 2.37 bits per heavy atom. The molecule has 0 aromatic carbocycles. The maximum atomic E-state index is 10.5. The highest BCUT2D eigenvalue weighted by Crippen LogP contribution is 2.23.